The summed E-state index contributed by atoms with van der Waals surface area (Å²) in [6.07, 6.45) is 1.24. The van der Waals surface area contributed by atoms with Gasteiger partial charge in [-0.15, -0.1) is 0 Å². The van der Waals surface area contributed by atoms with Crippen molar-refractivity contribution < 1.29 is 14.6 Å². The second-order valence-electron chi connectivity index (χ2n) is 5.47. The second-order valence-corrected chi connectivity index (χ2v) is 5.47. The summed E-state index contributed by atoms with van der Waals surface area (Å²) in [5.74, 6) is 0.847. The van der Waals surface area contributed by atoms with E-state index in [-0.39, 0.29) is 12.1 Å². The Morgan fingerprint density at radius 2 is 1.95 bits per heavy atom. The number of benzene rings is 1. The van der Waals surface area contributed by atoms with Gasteiger partial charge in [0.1, 0.15) is 5.75 Å². The molecule has 0 heterocycles. The minimum atomic E-state index is -0.518. The highest BCUT2D eigenvalue weighted by Crippen LogP contribution is 2.13. The number of aryl methyl sites for hydroxylation is 1. The summed E-state index contributed by atoms with van der Waals surface area (Å²) >= 11 is 0. The number of aliphatic hydroxyl groups is 1. The molecule has 0 aliphatic rings. The van der Waals surface area contributed by atoms with Crippen LogP contribution in [0.4, 0.5) is 4.79 Å². The van der Waals surface area contributed by atoms with Gasteiger partial charge in [0.15, 0.2) is 0 Å². The molecule has 2 unspecified atom stereocenters. The van der Waals surface area contributed by atoms with E-state index in [0.29, 0.717) is 6.54 Å². The molecule has 1 rings (SSSR count). The zero-order valence-electron chi connectivity index (χ0n) is 13.3. The van der Waals surface area contributed by atoms with Crippen molar-refractivity contribution in [1.82, 2.24) is 10.2 Å². The summed E-state index contributed by atoms with van der Waals surface area (Å²) in [6, 6.07) is 7.87. The number of ether oxygens (including phenoxy) is 1. The summed E-state index contributed by atoms with van der Waals surface area (Å²) in [4.78, 5) is 13.4. The highest BCUT2D eigenvalue weighted by atomic mass is 16.5. The smallest absolute Gasteiger partial charge is 0.317 e. The van der Waals surface area contributed by atoms with Crippen molar-refractivity contribution in [3.05, 3.63) is 29.8 Å². The van der Waals surface area contributed by atoms with Crippen molar-refractivity contribution >= 4 is 6.03 Å². The molecule has 21 heavy (non-hydrogen) atoms. The monoisotopic (exact) mass is 294 g/mol. The van der Waals surface area contributed by atoms with Gasteiger partial charge in [-0.3, -0.25) is 0 Å². The number of nitrogens with one attached hydrogen (secondary N) is 1. The van der Waals surface area contributed by atoms with Crippen molar-refractivity contribution in [3.8, 4) is 5.75 Å². The molecule has 5 nitrogen and oxygen atoms in total. The van der Waals surface area contributed by atoms with Crippen molar-refractivity contribution in [2.24, 2.45) is 0 Å². The molecule has 0 spiro atoms. The highest BCUT2D eigenvalue weighted by Gasteiger charge is 2.13. The van der Waals surface area contributed by atoms with E-state index in [2.05, 4.69) is 5.32 Å². The molecule has 0 saturated heterocycles. The van der Waals surface area contributed by atoms with Gasteiger partial charge >= 0.3 is 6.03 Å². The van der Waals surface area contributed by atoms with E-state index in [1.165, 1.54) is 10.5 Å². The molecule has 0 aromatic heterocycles. The first kappa shape index (κ1) is 17.3. The van der Waals surface area contributed by atoms with Crippen LogP contribution in [-0.2, 0) is 6.42 Å². The van der Waals surface area contributed by atoms with Gasteiger partial charge in [0.05, 0.1) is 13.2 Å². The molecule has 0 aliphatic heterocycles. The number of hydrogen-bond donors (Lipinski definition) is 2. The van der Waals surface area contributed by atoms with Crippen LogP contribution in [0.25, 0.3) is 0 Å². The van der Waals surface area contributed by atoms with Crippen LogP contribution >= 0.6 is 0 Å². The minimum Gasteiger partial charge on any atom is -0.497 e. The SMILES string of the molecule is COc1ccc(CCC(C)NC(=O)N(C)CC(C)O)cc1. The zero-order chi connectivity index (χ0) is 15.8. The number of urea groups is 1. The Balaban J connectivity index is 2.35. The van der Waals surface area contributed by atoms with Crippen molar-refractivity contribution in [2.75, 3.05) is 20.7 Å². The Bertz CT molecular complexity index is 432. The summed E-state index contributed by atoms with van der Waals surface area (Å²) in [6.45, 7) is 3.98. The number of carbonyl (C=O) groups is 1. The molecule has 2 N–H and O–H groups in total. The van der Waals surface area contributed by atoms with Crippen LogP contribution in [0, 0.1) is 0 Å². The number of rotatable bonds is 7. The first-order valence-electron chi connectivity index (χ1n) is 7.25. The predicted molar refractivity (Wildman–Crippen MR) is 83.6 cm³/mol. The van der Waals surface area contributed by atoms with Gasteiger partial charge in [0.25, 0.3) is 0 Å². The lowest BCUT2D eigenvalue weighted by molar-refractivity contribution is 0.142. The molecule has 0 saturated carbocycles. The van der Waals surface area contributed by atoms with Gasteiger partial charge in [0.2, 0.25) is 0 Å². The van der Waals surface area contributed by atoms with Gasteiger partial charge in [0, 0.05) is 19.6 Å². The number of carbonyl (C=O) groups excluding carboxylic acids is 1. The highest BCUT2D eigenvalue weighted by molar-refractivity contribution is 5.74. The Morgan fingerprint density at radius 1 is 1.33 bits per heavy atom. The number of hydrogen-bond acceptors (Lipinski definition) is 3. The number of nitrogens with zero attached hydrogens (tertiary/aromatic N) is 1. The first-order valence-corrected chi connectivity index (χ1v) is 7.25. The number of likely N-dealkylation sites (N-methyl/N-ethyl adjacent to an activating group) is 1. The number of methoxy groups -OCH3 is 1. The molecule has 2 amide bonds. The van der Waals surface area contributed by atoms with E-state index in [1.54, 1.807) is 21.1 Å². The molecule has 0 radical (unpaired) electrons. The summed E-state index contributed by atoms with van der Waals surface area (Å²) in [5.41, 5.74) is 1.22. The molecule has 1 aromatic carbocycles. The lowest BCUT2D eigenvalue weighted by Crippen LogP contribution is -2.44. The third kappa shape index (κ3) is 6.49. The van der Waals surface area contributed by atoms with Crippen LogP contribution < -0.4 is 10.1 Å². The molecule has 2 atom stereocenters. The Morgan fingerprint density at radius 3 is 2.48 bits per heavy atom. The standard InChI is InChI=1S/C16H26N2O3/c1-12(17-16(20)18(3)11-13(2)19)5-6-14-7-9-15(21-4)10-8-14/h7-10,12-13,19H,5-6,11H2,1-4H3,(H,17,20). The Kier molecular flexibility index (Phi) is 7.02. The van der Waals surface area contributed by atoms with E-state index in [9.17, 15) is 9.90 Å². The maximum absolute atomic E-state index is 11.9. The van der Waals surface area contributed by atoms with Crippen LogP contribution in [0.3, 0.4) is 0 Å². The van der Waals surface area contributed by atoms with Crippen LogP contribution in [0.15, 0.2) is 24.3 Å². The van der Waals surface area contributed by atoms with E-state index in [4.69, 9.17) is 4.74 Å². The average Bonchev–Trinajstić information content (AvgIpc) is 2.44. The lowest BCUT2D eigenvalue weighted by Gasteiger charge is -2.22. The quantitative estimate of drug-likeness (QED) is 0.809. The molecular weight excluding hydrogens is 268 g/mol. The summed E-state index contributed by atoms with van der Waals surface area (Å²) < 4.78 is 5.12. The summed E-state index contributed by atoms with van der Waals surface area (Å²) in [7, 11) is 3.33. The van der Waals surface area contributed by atoms with E-state index in [0.717, 1.165) is 18.6 Å². The predicted octanol–water partition coefficient (Wildman–Crippen LogP) is 2.04. The topological polar surface area (TPSA) is 61.8 Å². The van der Waals surface area contributed by atoms with Crippen molar-refractivity contribution in [1.29, 1.82) is 0 Å². The Hall–Kier alpha value is -1.75. The fourth-order valence-corrected chi connectivity index (χ4v) is 2.05. The molecule has 0 fully saturated rings. The molecule has 0 aliphatic carbocycles. The van der Waals surface area contributed by atoms with Crippen molar-refractivity contribution in [2.45, 2.75) is 38.8 Å². The fraction of sp³-hybridized carbons (Fsp3) is 0.562. The largest absolute Gasteiger partial charge is 0.497 e. The maximum Gasteiger partial charge on any atom is 0.317 e. The molecule has 0 bridgehead atoms. The normalized spacial score (nSPS) is 13.4. The van der Waals surface area contributed by atoms with Crippen LogP contribution in [0.1, 0.15) is 25.8 Å². The number of amides is 2. The van der Waals surface area contributed by atoms with Gasteiger partial charge in [-0.25, -0.2) is 4.79 Å². The lowest BCUT2D eigenvalue weighted by atomic mass is 10.1. The summed E-state index contributed by atoms with van der Waals surface area (Å²) in [5, 5.41) is 12.2. The van der Waals surface area contributed by atoms with E-state index in [1.807, 2.05) is 31.2 Å². The maximum atomic E-state index is 11.9. The first-order chi connectivity index (χ1) is 9.92. The van der Waals surface area contributed by atoms with Crippen LogP contribution in [-0.4, -0.2) is 48.9 Å². The third-order valence-corrected chi connectivity index (χ3v) is 3.28. The van der Waals surface area contributed by atoms with E-state index < -0.39 is 6.10 Å². The second kappa shape index (κ2) is 8.52. The molecular formula is C16H26N2O3. The van der Waals surface area contributed by atoms with Gasteiger partial charge in [-0.05, 0) is 44.4 Å². The minimum absolute atomic E-state index is 0.0797. The van der Waals surface area contributed by atoms with Crippen LogP contribution in [0.5, 0.6) is 5.75 Å². The van der Waals surface area contributed by atoms with E-state index >= 15 is 0 Å². The third-order valence-electron chi connectivity index (χ3n) is 3.28. The fourth-order valence-electron chi connectivity index (χ4n) is 2.05. The zero-order valence-corrected chi connectivity index (χ0v) is 13.3. The molecule has 1 aromatic rings. The number of aliphatic hydroxyl groups excluding tert-OH is 1. The van der Waals surface area contributed by atoms with Gasteiger partial charge in [-0.2, -0.15) is 0 Å². The Labute approximate surface area is 126 Å². The van der Waals surface area contributed by atoms with Gasteiger partial charge in [-0.1, -0.05) is 12.1 Å². The van der Waals surface area contributed by atoms with Crippen LogP contribution in [0.2, 0.25) is 0 Å². The average molecular weight is 294 g/mol. The molecule has 5 heteroatoms. The van der Waals surface area contributed by atoms with Crippen molar-refractivity contribution in [3.63, 3.8) is 0 Å². The van der Waals surface area contributed by atoms with Gasteiger partial charge < -0.3 is 20.1 Å². The molecule has 118 valence electrons.